The molecule has 0 radical (unpaired) electrons. The SMILES string of the molecule is CC/C=C\C/C=C\C/C=C\C/C=C\CCCCCCC(=O)OCC(COC(=O)CCCCCCC/C=C\CCCCCC)OC(=O)CCCCCCC/C=C\C/C=C\C/C=C\CC. The second kappa shape index (κ2) is 51.0. The van der Waals surface area contributed by atoms with Gasteiger partial charge >= 0.3 is 17.9 Å². The third-order valence-corrected chi connectivity index (χ3v) is 10.6. The van der Waals surface area contributed by atoms with Crippen molar-refractivity contribution >= 4 is 17.9 Å². The smallest absolute Gasteiger partial charge is 0.306 e. The maximum Gasteiger partial charge on any atom is 0.306 e. The summed E-state index contributed by atoms with van der Waals surface area (Å²) >= 11 is 0. The Morgan fingerprint density at radius 2 is 0.619 bits per heavy atom. The predicted molar refractivity (Wildman–Crippen MR) is 270 cm³/mol. The molecule has 0 aliphatic rings. The van der Waals surface area contributed by atoms with Gasteiger partial charge in [0.25, 0.3) is 0 Å². The van der Waals surface area contributed by atoms with E-state index in [0.717, 1.165) is 148 Å². The van der Waals surface area contributed by atoms with Crippen LogP contribution in [-0.4, -0.2) is 37.2 Å². The molecule has 0 heterocycles. The Balaban J connectivity index is 4.48. The van der Waals surface area contributed by atoms with E-state index >= 15 is 0 Å². The van der Waals surface area contributed by atoms with Crippen LogP contribution in [0.2, 0.25) is 0 Å². The zero-order valence-corrected chi connectivity index (χ0v) is 40.8. The van der Waals surface area contributed by atoms with Crippen LogP contribution in [0.1, 0.15) is 226 Å². The van der Waals surface area contributed by atoms with Crippen LogP contribution in [0.25, 0.3) is 0 Å². The Morgan fingerprint density at radius 1 is 0.333 bits per heavy atom. The highest BCUT2D eigenvalue weighted by atomic mass is 16.6. The summed E-state index contributed by atoms with van der Waals surface area (Å²) in [6, 6.07) is 0. The van der Waals surface area contributed by atoms with Crippen LogP contribution in [0, 0.1) is 0 Å². The number of carbonyl (C=O) groups excluding carboxylic acids is 3. The molecule has 0 aromatic carbocycles. The highest BCUT2D eigenvalue weighted by molar-refractivity contribution is 5.71. The summed E-state index contributed by atoms with van der Waals surface area (Å²) in [4.78, 5) is 38.0. The summed E-state index contributed by atoms with van der Waals surface area (Å²) in [5.74, 6) is -0.951. The van der Waals surface area contributed by atoms with E-state index in [1.165, 1.54) is 38.5 Å². The zero-order valence-electron chi connectivity index (χ0n) is 40.8. The standard InChI is InChI=1S/C57H94O6/c1-4-7-10-13-16-19-22-25-27-28-30-32-35-38-41-44-47-50-56(59)62-53-54(52-61-55(58)49-46-43-40-37-34-31-24-21-18-15-12-9-6-3)63-57(60)51-48-45-42-39-36-33-29-26-23-20-17-14-11-8-5-2/h7-8,10-11,16-17,19-21,24-27,29-30,32,54H,4-6,9,12-15,18,22-23,28,31,33-53H2,1-3H3/b10-7-,11-8-,19-16-,20-17-,24-21-,27-25-,29-26-,32-30-. The lowest BCUT2D eigenvalue weighted by atomic mass is 10.1. The second-order valence-electron chi connectivity index (χ2n) is 16.7. The highest BCUT2D eigenvalue weighted by Crippen LogP contribution is 2.13. The van der Waals surface area contributed by atoms with E-state index < -0.39 is 6.10 Å². The summed E-state index contributed by atoms with van der Waals surface area (Å²) in [6.45, 7) is 6.34. The predicted octanol–water partition coefficient (Wildman–Crippen LogP) is 17.0. The largest absolute Gasteiger partial charge is 0.462 e. The minimum absolute atomic E-state index is 0.0981. The van der Waals surface area contributed by atoms with Crippen LogP contribution in [0.3, 0.4) is 0 Å². The van der Waals surface area contributed by atoms with E-state index in [2.05, 4.69) is 118 Å². The van der Waals surface area contributed by atoms with Gasteiger partial charge in [-0.2, -0.15) is 0 Å². The summed E-state index contributed by atoms with van der Waals surface area (Å²) in [5.41, 5.74) is 0. The quantitative estimate of drug-likeness (QED) is 0.0262. The number of hydrogen-bond donors (Lipinski definition) is 0. The number of carbonyl (C=O) groups is 3. The third kappa shape index (κ3) is 49.2. The summed E-state index contributed by atoms with van der Waals surface area (Å²) in [7, 11) is 0. The van der Waals surface area contributed by atoms with Gasteiger partial charge in [0.2, 0.25) is 0 Å². The molecule has 358 valence electrons. The lowest BCUT2D eigenvalue weighted by molar-refractivity contribution is -0.167. The normalized spacial score (nSPS) is 12.9. The summed E-state index contributed by atoms with van der Waals surface area (Å²) < 4.78 is 16.8. The molecule has 0 saturated carbocycles. The van der Waals surface area contributed by atoms with E-state index in [0.29, 0.717) is 19.3 Å². The van der Waals surface area contributed by atoms with Crippen LogP contribution in [0.15, 0.2) is 97.2 Å². The van der Waals surface area contributed by atoms with Crippen molar-refractivity contribution in [2.75, 3.05) is 13.2 Å². The first-order chi connectivity index (χ1) is 31.0. The topological polar surface area (TPSA) is 78.9 Å². The van der Waals surface area contributed by atoms with Gasteiger partial charge in [0, 0.05) is 19.3 Å². The molecule has 0 spiro atoms. The zero-order chi connectivity index (χ0) is 45.8. The fourth-order valence-electron chi connectivity index (χ4n) is 6.73. The first kappa shape index (κ1) is 59.3. The third-order valence-electron chi connectivity index (χ3n) is 10.6. The maximum atomic E-state index is 12.8. The lowest BCUT2D eigenvalue weighted by Crippen LogP contribution is -2.30. The number of hydrogen-bond acceptors (Lipinski definition) is 6. The lowest BCUT2D eigenvalue weighted by Gasteiger charge is -2.18. The Hall–Kier alpha value is -3.67. The van der Waals surface area contributed by atoms with Gasteiger partial charge in [-0.3, -0.25) is 14.4 Å². The molecule has 0 bridgehead atoms. The van der Waals surface area contributed by atoms with Crippen molar-refractivity contribution in [3.8, 4) is 0 Å². The molecule has 1 atom stereocenters. The Morgan fingerprint density at radius 3 is 0.984 bits per heavy atom. The van der Waals surface area contributed by atoms with Crippen molar-refractivity contribution in [1.29, 1.82) is 0 Å². The van der Waals surface area contributed by atoms with Gasteiger partial charge in [-0.05, 0) is 116 Å². The van der Waals surface area contributed by atoms with E-state index in [1.54, 1.807) is 0 Å². The monoisotopic (exact) mass is 875 g/mol. The minimum Gasteiger partial charge on any atom is -0.462 e. The van der Waals surface area contributed by atoms with Gasteiger partial charge in [-0.15, -0.1) is 0 Å². The first-order valence-corrected chi connectivity index (χ1v) is 25.7. The Bertz CT molecular complexity index is 1280. The van der Waals surface area contributed by atoms with E-state index in [4.69, 9.17) is 14.2 Å². The van der Waals surface area contributed by atoms with Crippen LogP contribution < -0.4 is 0 Å². The average Bonchev–Trinajstić information content (AvgIpc) is 3.28. The summed E-state index contributed by atoms with van der Waals surface area (Å²) in [6.07, 6.45) is 66.7. The Labute approximate surface area is 387 Å². The number of rotatable bonds is 45. The van der Waals surface area contributed by atoms with Gasteiger partial charge in [0.05, 0.1) is 0 Å². The fourth-order valence-corrected chi connectivity index (χ4v) is 6.73. The molecule has 0 N–H and O–H groups in total. The molecule has 0 saturated heterocycles. The van der Waals surface area contributed by atoms with Crippen molar-refractivity contribution in [3.05, 3.63) is 97.2 Å². The molecular formula is C57H94O6. The van der Waals surface area contributed by atoms with Crippen LogP contribution >= 0.6 is 0 Å². The first-order valence-electron chi connectivity index (χ1n) is 25.7. The second-order valence-corrected chi connectivity index (χ2v) is 16.7. The maximum absolute atomic E-state index is 12.8. The van der Waals surface area contributed by atoms with Crippen LogP contribution in [0.4, 0.5) is 0 Å². The average molecular weight is 875 g/mol. The molecule has 0 aliphatic carbocycles. The minimum atomic E-state index is -0.800. The van der Waals surface area contributed by atoms with E-state index in [9.17, 15) is 14.4 Å². The fraction of sp³-hybridized carbons (Fsp3) is 0.667. The highest BCUT2D eigenvalue weighted by Gasteiger charge is 2.19. The van der Waals surface area contributed by atoms with E-state index in [-0.39, 0.29) is 31.1 Å². The van der Waals surface area contributed by atoms with E-state index in [1.807, 2.05) is 0 Å². The molecule has 0 amide bonds. The molecule has 0 fully saturated rings. The number of ether oxygens (including phenoxy) is 3. The van der Waals surface area contributed by atoms with Crippen molar-refractivity contribution in [3.63, 3.8) is 0 Å². The number of allylic oxidation sites excluding steroid dienone is 16. The molecule has 0 aromatic rings. The molecule has 1 unspecified atom stereocenters. The molecule has 63 heavy (non-hydrogen) atoms. The van der Waals surface area contributed by atoms with Crippen molar-refractivity contribution in [2.45, 2.75) is 232 Å². The molecule has 6 nitrogen and oxygen atoms in total. The number of esters is 3. The summed E-state index contributed by atoms with van der Waals surface area (Å²) in [5, 5.41) is 0. The van der Waals surface area contributed by atoms with Crippen molar-refractivity contribution in [2.24, 2.45) is 0 Å². The van der Waals surface area contributed by atoms with Crippen LogP contribution in [-0.2, 0) is 28.6 Å². The van der Waals surface area contributed by atoms with Gasteiger partial charge < -0.3 is 14.2 Å². The molecule has 0 aliphatic heterocycles. The van der Waals surface area contributed by atoms with Gasteiger partial charge in [0.1, 0.15) is 13.2 Å². The van der Waals surface area contributed by atoms with Crippen LogP contribution in [0.5, 0.6) is 0 Å². The van der Waals surface area contributed by atoms with Crippen molar-refractivity contribution in [1.82, 2.24) is 0 Å². The molecule has 0 rings (SSSR count). The molecule has 6 heteroatoms. The van der Waals surface area contributed by atoms with Crippen molar-refractivity contribution < 1.29 is 28.6 Å². The van der Waals surface area contributed by atoms with Gasteiger partial charge in [0.15, 0.2) is 6.10 Å². The molecule has 0 aromatic heterocycles. The van der Waals surface area contributed by atoms with Gasteiger partial charge in [-0.25, -0.2) is 0 Å². The Kier molecular flexibility index (Phi) is 48.0. The van der Waals surface area contributed by atoms with Gasteiger partial charge in [-0.1, -0.05) is 189 Å². The number of unbranched alkanes of at least 4 members (excludes halogenated alkanes) is 18. The molecular weight excluding hydrogens is 781 g/mol.